The van der Waals surface area contributed by atoms with Crippen LogP contribution in [0, 0.1) is 0 Å². The molecule has 0 fully saturated rings. The van der Waals surface area contributed by atoms with Gasteiger partial charge in [0.15, 0.2) is 0 Å². The summed E-state index contributed by atoms with van der Waals surface area (Å²) in [4.78, 5) is 11.4. The molecule has 0 heterocycles. The summed E-state index contributed by atoms with van der Waals surface area (Å²) in [6.45, 7) is 0. The second-order valence-electron chi connectivity index (χ2n) is 3.88. The molecule has 0 atom stereocenters. The van der Waals surface area contributed by atoms with Crippen LogP contribution in [0.4, 0.5) is 17.1 Å². The van der Waals surface area contributed by atoms with E-state index in [0.717, 1.165) is 14.6 Å². The molecule has 0 saturated carbocycles. The Morgan fingerprint density at radius 3 is 2.53 bits per heavy atom. The first kappa shape index (κ1) is 13.9. The molecule has 1 amide bonds. The third-order valence-electron chi connectivity index (χ3n) is 2.55. The van der Waals surface area contributed by atoms with Crippen molar-refractivity contribution in [1.82, 2.24) is 0 Å². The molecule has 0 spiro atoms. The van der Waals surface area contributed by atoms with Crippen molar-refractivity contribution in [3.63, 3.8) is 0 Å². The van der Waals surface area contributed by atoms with Gasteiger partial charge in [-0.3, -0.25) is 4.79 Å². The Hall–Kier alpha value is -1.53. The first-order valence-electron chi connectivity index (χ1n) is 5.39. The first-order valence-corrected chi connectivity index (χ1v) is 6.98. The summed E-state index contributed by atoms with van der Waals surface area (Å²) < 4.78 is 1.79. The van der Waals surface area contributed by atoms with E-state index in [1.54, 1.807) is 18.2 Å². The Morgan fingerprint density at radius 2 is 1.89 bits per heavy atom. The second-order valence-corrected chi connectivity index (χ2v) is 5.65. The van der Waals surface area contributed by atoms with Crippen LogP contribution in [0.25, 0.3) is 0 Å². The van der Waals surface area contributed by atoms with Crippen LogP contribution in [0.1, 0.15) is 10.4 Å². The molecule has 0 aliphatic heterocycles. The number of halogens is 2. The number of primary amides is 1. The highest BCUT2D eigenvalue weighted by Crippen LogP contribution is 2.32. The number of hydrogen-bond acceptors (Lipinski definition) is 3. The maximum absolute atomic E-state index is 11.4. The van der Waals surface area contributed by atoms with Gasteiger partial charge in [-0.15, -0.1) is 0 Å². The SMILES string of the molecule is NC(=O)c1cccc(N)c1Nc1ccc(Br)cc1Br. The summed E-state index contributed by atoms with van der Waals surface area (Å²) in [6, 6.07) is 10.7. The van der Waals surface area contributed by atoms with Gasteiger partial charge < -0.3 is 16.8 Å². The zero-order valence-corrected chi connectivity index (χ0v) is 13.0. The van der Waals surface area contributed by atoms with Gasteiger partial charge >= 0.3 is 0 Å². The van der Waals surface area contributed by atoms with E-state index in [0.29, 0.717) is 16.9 Å². The number of nitrogens with two attached hydrogens (primary N) is 2. The Morgan fingerprint density at radius 1 is 1.16 bits per heavy atom. The molecule has 0 radical (unpaired) electrons. The zero-order chi connectivity index (χ0) is 14.0. The number of amides is 1. The molecule has 2 aromatic rings. The number of rotatable bonds is 3. The quantitative estimate of drug-likeness (QED) is 0.706. The molecule has 0 bridgehead atoms. The Bertz CT molecular complexity index is 644. The van der Waals surface area contributed by atoms with Crippen molar-refractivity contribution in [2.45, 2.75) is 0 Å². The fourth-order valence-electron chi connectivity index (χ4n) is 1.64. The third-order valence-corrected chi connectivity index (χ3v) is 3.70. The summed E-state index contributed by atoms with van der Waals surface area (Å²) >= 11 is 6.82. The molecule has 0 aliphatic rings. The smallest absolute Gasteiger partial charge is 0.250 e. The first-order chi connectivity index (χ1) is 8.99. The lowest BCUT2D eigenvalue weighted by molar-refractivity contribution is 0.100. The summed E-state index contributed by atoms with van der Waals surface area (Å²) in [7, 11) is 0. The number of nitrogen functional groups attached to an aromatic ring is 1. The van der Waals surface area contributed by atoms with Crippen LogP contribution < -0.4 is 16.8 Å². The molecular weight excluding hydrogens is 374 g/mol. The lowest BCUT2D eigenvalue weighted by Gasteiger charge is -2.14. The van der Waals surface area contributed by atoms with Crippen LogP contribution in [0.3, 0.4) is 0 Å². The van der Waals surface area contributed by atoms with Crippen LogP contribution >= 0.6 is 31.9 Å². The van der Waals surface area contributed by atoms with E-state index in [1.807, 2.05) is 18.2 Å². The standard InChI is InChI=1S/C13H11Br2N3O/c14-7-4-5-11(9(15)6-7)18-12-8(13(17)19)2-1-3-10(12)16/h1-6,18H,16H2,(H2,17,19). The van der Waals surface area contributed by atoms with Gasteiger partial charge in [-0.05, 0) is 46.3 Å². The molecule has 2 rings (SSSR count). The van der Waals surface area contributed by atoms with Crippen LogP contribution in [0.5, 0.6) is 0 Å². The molecule has 0 saturated heterocycles. The van der Waals surface area contributed by atoms with Crippen molar-refractivity contribution in [1.29, 1.82) is 0 Å². The summed E-state index contributed by atoms with van der Waals surface area (Å²) in [5.41, 5.74) is 13.4. The van der Waals surface area contributed by atoms with Gasteiger partial charge in [0.2, 0.25) is 0 Å². The minimum Gasteiger partial charge on any atom is -0.397 e. The second kappa shape index (κ2) is 5.63. The van der Waals surface area contributed by atoms with Gasteiger partial charge in [0.25, 0.3) is 5.91 Å². The van der Waals surface area contributed by atoms with Gasteiger partial charge in [0, 0.05) is 8.95 Å². The summed E-state index contributed by atoms with van der Waals surface area (Å²) in [6.07, 6.45) is 0. The molecule has 6 heteroatoms. The highest BCUT2D eigenvalue weighted by Gasteiger charge is 2.12. The van der Waals surface area contributed by atoms with Gasteiger partial charge in [-0.2, -0.15) is 0 Å². The molecule has 0 aromatic heterocycles. The van der Waals surface area contributed by atoms with Gasteiger partial charge in [0.05, 0.1) is 22.6 Å². The fraction of sp³-hybridized carbons (Fsp3) is 0. The van der Waals surface area contributed by atoms with Crippen molar-refractivity contribution < 1.29 is 4.79 Å². The number of benzene rings is 2. The largest absolute Gasteiger partial charge is 0.397 e. The zero-order valence-electron chi connectivity index (χ0n) is 9.78. The molecule has 0 aliphatic carbocycles. The van der Waals surface area contributed by atoms with E-state index in [2.05, 4.69) is 37.2 Å². The van der Waals surface area contributed by atoms with Crippen molar-refractivity contribution in [3.05, 3.63) is 50.9 Å². The third kappa shape index (κ3) is 3.08. The molecular formula is C13H11Br2N3O. The predicted molar refractivity (Wildman–Crippen MR) is 84.5 cm³/mol. The molecule has 5 N–H and O–H groups in total. The summed E-state index contributed by atoms with van der Waals surface area (Å²) in [5.74, 6) is -0.525. The number of hydrogen-bond donors (Lipinski definition) is 3. The van der Waals surface area contributed by atoms with Crippen molar-refractivity contribution >= 4 is 54.8 Å². The molecule has 2 aromatic carbocycles. The van der Waals surface area contributed by atoms with Crippen molar-refractivity contribution in [2.75, 3.05) is 11.1 Å². The van der Waals surface area contributed by atoms with Crippen molar-refractivity contribution in [3.8, 4) is 0 Å². The van der Waals surface area contributed by atoms with Gasteiger partial charge in [-0.25, -0.2) is 0 Å². The van der Waals surface area contributed by atoms with Crippen LogP contribution in [-0.4, -0.2) is 5.91 Å². The van der Waals surface area contributed by atoms with E-state index in [1.165, 1.54) is 0 Å². The Kier molecular flexibility index (Phi) is 4.11. The van der Waals surface area contributed by atoms with E-state index in [-0.39, 0.29) is 0 Å². The topological polar surface area (TPSA) is 81.1 Å². The van der Waals surface area contributed by atoms with E-state index >= 15 is 0 Å². The average molecular weight is 385 g/mol. The van der Waals surface area contributed by atoms with E-state index in [9.17, 15) is 4.79 Å². The highest BCUT2D eigenvalue weighted by molar-refractivity contribution is 9.11. The Labute approximate surface area is 127 Å². The van der Waals surface area contributed by atoms with Crippen LogP contribution in [0.2, 0.25) is 0 Å². The lowest BCUT2D eigenvalue weighted by Crippen LogP contribution is -2.14. The number of anilines is 3. The van der Waals surface area contributed by atoms with E-state index in [4.69, 9.17) is 11.5 Å². The van der Waals surface area contributed by atoms with Gasteiger partial charge in [0.1, 0.15) is 0 Å². The normalized spacial score (nSPS) is 10.2. The molecule has 19 heavy (non-hydrogen) atoms. The van der Waals surface area contributed by atoms with E-state index < -0.39 is 5.91 Å². The minimum atomic E-state index is -0.525. The fourth-order valence-corrected chi connectivity index (χ4v) is 2.79. The average Bonchev–Trinajstić information content (AvgIpc) is 2.34. The monoisotopic (exact) mass is 383 g/mol. The number of nitrogens with one attached hydrogen (secondary N) is 1. The lowest BCUT2D eigenvalue weighted by atomic mass is 10.1. The molecule has 4 nitrogen and oxygen atoms in total. The van der Waals surface area contributed by atoms with Crippen LogP contribution in [-0.2, 0) is 0 Å². The maximum atomic E-state index is 11.4. The summed E-state index contributed by atoms with van der Waals surface area (Å²) in [5, 5.41) is 3.12. The number of carbonyl (C=O) groups is 1. The molecule has 98 valence electrons. The highest BCUT2D eigenvalue weighted by atomic mass is 79.9. The van der Waals surface area contributed by atoms with Crippen LogP contribution in [0.15, 0.2) is 45.3 Å². The Balaban J connectivity index is 2.46. The predicted octanol–water partition coefficient (Wildman–Crippen LogP) is 3.64. The molecule has 0 unspecified atom stereocenters. The van der Waals surface area contributed by atoms with Crippen molar-refractivity contribution in [2.24, 2.45) is 5.73 Å². The maximum Gasteiger partial charge on any atom is 0.250 e. The number of carbonyl (C=O) groups excluding carboxylic acids is 1. The number of para-hydroxylation sites is 1. The van der Waals surface area contributed by atoms with Gasteiger partial charge in [-0.1, -0.05) is 22.0 Å². The minimum absolute atomic E-state index is 0.356.